The molecule has 0 spiro atoms. The zero-order valence-corrected chi connectivity index (χ0v) is 8.66. The van der Waals surface area contributed by atoms with Crippen LogP contribution in [-0.4, -0.2) is 16.9 Å². The minimum absolute atomic E-state index is 0.449. The second kappa shape index (κ2) is 3.46. The molecule has 13 heavy (non-hydrogen) atoms. The Morgan fingerprint density at radius 3 is 2.85 bits per heavy atom. The molecule has 1 aliphatic carbocycles. The first-order valence-electron chi connectivity index (χ1n) is 4.21. The molecule has 1 aromatic rings. The lowest BCUT2D eigenvalue weighted by Gasteiger charge is -1.98. The quantitative estimate of drug-likeness (QED) is 0.632. The summed E-state index contributed by atoms with van der Waals surface area (Å²) in [5, 5.41) is 0. The lowest BCUT2D eigenvalue weighted by molar-refractivity contribution is 1.05. The van der Waals surface area contributed by atoms with Gasteiger partial charge in [-0.15, -0.1) is 0 Å². The Bertz CT molecular complexity index is 327. The molecule has 0 bridgehead atoms. The molecule has 4 heteroatoms. The Morgan fingerprint density at radius 2 is 2.31 bits per heavy atom. The molecule has 0 radical (unpaired) electrons. The smallest absolute Gasteiger partial charge is 0.144 e. The summed E-state index contributed by atoms with van der Waals surface area (Å²) < 4.78 is 0.954. The molecule has 0 saturated heterocycles. The van der Waals surface area contributed by atoms with Crippen LogP contribution in [-0.2, 0) is 0 Å². The van der Waals surface area contributed by atoms with Crippen molar-refractivity contribution in [2.75, 3.05) is 0 Å². The van der Waals surface area contributed by atoms with Crippen LogP contribution in [0.4, 0.5) is 0 Å². The van der Waals surface area contributed by atoms with E-state index in [0.29, 0.717) is 11.9 Å². The van der Waals surface area contributed by atoms with Gasteiger partial charge in [-0.25, -0.2) is 0 Å². The summed E-state index contributed by atoms with van der Waals surface area (Å²) in [7, 11) is 0. The van der Waals surface area contributed by atoms with Gasteiger partial charge in [0.05, 0.1) is 6.04 Å². The number of pyridine rings is 1. The van der Waals surface area contributed by atoms with E-state index in [4.69, 9.17) is 5.73 Å². The van der Waals surface area contributed by atoms with E-state index in [1.807, 2.05) is 12.1 Å². The van der Waals surface area contributed by atoms with Crippen LogP contribution in [0.2, 0.25) is 0 Å². The predicted molar refractivity (Wildman–Crippen MR) is 55.7 cm³/mol. The fourth-order valence-corrected chi connectivity index (χ4v) is 1.23. The Hall–Kier alpha value is -0.900. The molecular formula is C9H10BrN3. The lowest BCUT2D eigenvalue weighted by atomic mass is 10.3. The van der Waals surface area contributed by atoms with Crippen LogP contribution in [0, 0.1) is 0 Å². The number of aliphatic imine (C=N–C) groups is 1. The fraction of sp³-hybridized carbons (Fsp3) is 0.333. The Kier molecular flexibility index (Phi) is 2.31. The molecule has 0 amide bonds. The Labute approximate surface area is 85.2 Å². The first kappa shape index (κ1) is 8.69. The number of rotatable bonds is 2. The van der Waals surface area contributed by atoms with Gasteiger partial charge in [0.15, 0.2) is 0 Å². The SMILES string of the molecule is NC(=NC1CC1)c1ccc(Br)cn1. The van der Waals surface area contributed by atoms with E-state index in [1.54, 1.807) is 6.20 Å². The standard InChI is InChI=1S/C9H10BrN3/c10-6-1-4-8(12-5-6)9(11)13-7-2-3-7/h1,4-5,7H,2-3H2,(H2,11,13). The molecule has 3 nitrogen and oxygen atoms in total. The number of halogens is 1. The topological polar surface area (TPSA) is 51.3 Å². The van der Waals surface area contributed by atoms with Crippen LogP contribution in [0.15, 0.2) is 27.8 Å². The van der Waals surface area contributed by atoms with E-state index in [0.717, 1.165) is 23.0 Å². The van der Waals surface area contributed by atoms with Crippen molar-refractivity contribution in [3.63, 3.8) is 0 Å². The van der Waals surface area contributed by atoms with Crippen molar-refractivity contribution < 1.29 is 0 Å². The van der Waals surface area contributed by atoms with Crippen LogP contribution in [0.1, 0.15) is 18.5 Å². The molecule has 0 unspecified atom stereocenters. The summed E-state index contributed by atoms with van der Waals surface area (Å²) in [6.07, 6.45) is 4.05. The van der Waals surface area contributed by atoms with E-state index in [9.17, 15) is 0 Å². The summed E-state index contributed by atoms with van der Waals surface area (Å²) >= 11 is 3.31. The Balaban J connectivity index is 2.19. The van der Waals surface area contributed by atoms with Crippen LogP contribution in [0.5, 0.6) is 0 Å². The van der Waals surface area contributed by atoms with Crippen LogP contribution < -0.4 is 5.73 Å². The van der Waals surface area contributed by atoms with Crippen LogP contribution in [0.3, 0.4) is 0 Å². The maximum absolute atomic E-state index is 5.76. The third-order valence-electron chi connectivity index (χ3n) is 1.86. The van der Waals surface area contributed by atoms with E-state index < -0.39 is 0 Å². The second-order valence-electron chi connectivity index (χ2n) is 3.11. The van der Waals surface area contributed by atoms with Gasteiger partial charge in [0.2, 0.25) is 0 Å². The molecule has 0 aromatic carbocycles. The largest absolute Gasteiger partial charge is 0.382 e. The van der Waals surface area contributed by atoms with E-state index in [1.165, 1.54) is 0 Å². The van der Waals surface area contributed by atoms with E-state index >= 15 is 0 Å². The van der Waals surface area contributed by atoms with Crippen molar-refractivity contribution in [2.45, 2.75) is 18.9 Å². The maximum atomic E-state index is 5.76. The first-order chi connectivity index (χ1) is 6.25. The molecule has 1 fully saturated rings. The first-order valence-corrected chi connectivity index (χ1v) is 5.00. The number of nitrogens with zero attached hydrogens (tertiary/aromatic N) is 2. The van der Waals surface area contributed by atoms with Crippen molar-refractivity contribution >= 4 is 21.8 Å². The summed E-state index contributed by atoms with van der Waals surface area (Å²) in [5.41, 5.74) is 6.52. The molecule has 2 rings (SSSR count). The van der Waals surface area contributed by atoms with E-state index in [-0.39, 0.29) is 0 Å². The highest BCUT2D eigenvalue weighted by Gasteiger charge is 2.20. The van der Waals surface area contributed by atoms with Gasteiger partial charge in [0.25, 0.3) is 0 Å². The normalized spacial score (nSPS) is 17.5. The maximum Gasteiger partial charge on any atom is 0.144 e. The zero-order chi connectivity index (χ0) is 9.26. The van der Waals surface area contributed by atoms with Gasteiger partial charge < -0.3 is 5.73 Å². The van der Waals surface area contributed by atoms with Crippen molar-refractivity contribution in [1.82, 2.24) is 4.98 Å². The summed E-state index contributed by atoms with van der Waals surface area (Å²) in [6, 6.07) is 4.23. The molecule has 0 aliphatic heterocycles. The molecule has 0 atom stereocenters. The molecule has 1 aromatic heterocycles. The number of amidine groups is 1. The number of nitrogens with two attached hydrogens (primary N) is 1. The summed E-state index contributed by atoms with van der Waals surface area (Å²) in [6.45, 7) is 0. The summed E-state index contributed by atoms with van der Waals surface area (Å²) in [4.78, 5) is 8.46. The lowest BCUT2D eigenvalue weighted by Crippen LogP contribution is -2.15. The number of aromatic nitrogens is 1. The number of hydrogen-bond donors (Lipinski definition) is 1. The monoisotopic (exact) mass is 239 g/mol. The molecule has 1 saturated carbocycles. The van der Waals surface area contributed by atoms with Crippen molar-refractivity contribution in [1.29, 1.82) is 0 Å². The van der Waals surface area contributed by atoms with Gasteiger partial charge in [-0.2, -0.15) is 0 Å². The molecule has 68 valence electrons. The highest BCUT2D eigenvalue weighted by Crippen LogP contribution is 2.23. The zero-order valence-electron chi connectivity index (χ0n) is 7.07. The van der Waals surface area contributed by atoms with Gasteiger partial charge in [-0.3, -0.25) is 9.98 Å². The third kappa shape index (κ3) is 2.28. The molecule has 1 heterocycles. The predicted octanol–water partition coefficient (Wildman–Crippen LogP) is 1.71. The summed E-state index contributed by atoms with van der Waals surface area (Å²) in [5.74, 6) is 0.551. The number of hydrogen-bond acceptors (Lipinski definition) is 2. The van der Waals surface area contributed by atoms with Gasteiger partial charge in [0, 0.05) is 10.7 Å². The minimum atomic E-state index is 0.449. The van der Waals surface area contributed by atoms with Crippen molar-refractivity contribution in [3.05, 3.63) is 28.5 Å². The van der Waals surface area contributed by atoms with Gasteiger partial charge >= 0.3 is 0 Å². The average Bonchev–Trinajstić information content (AvgIpc) is 2.89. The van der Waals surface area contributed by atoms with Gasteiger partial charge in [-0.1, -0.05) is 0 Å². The molecule has 2 N–H and O–H groups in total. The van der Waals surface area contributed by atoms with Crippen LogP contribution in [0.25, 0.3) is 0 Å². The average molecular weight is 240 g/mol. The molecular weight excluding hydrogens is 230 g/mol. The van der Waals surface area contributed by atoms with E-state index in [2.05, 4.69) is 25.9 Å². The third-order valence-corrected chi connectivity index (χ3v) is 2.33. The van der Waals surface area contributed by atoms with Crippen molar-refractivity contribution in [2.24, 2.45) is 10.7 Å². The van der Waals surface area contributed by atoms with Gasteiger partial charge in [0.1, 0.15) is 11.5 Å². The van der Waals surface area contributed by atoms with Gasteiger partial charge in [-0.05, 0) is 40.9 Å². The minimum Gasteiger partial charge on any atom is -0.382 e. The highest BCUT2D eigenvalue weighted by molar-refractivity contribution is 9.10. The Morgan fingerprint density at radius 1 is 1.54 bits per heavy atom. The molecule has 1 aliphatic rings. The highest BCUT2D eigenvalue weighted by atomic mass is 79.9. The van der Waals surface area contributed by atoms with Crippen molar-refractivity contribution in [3.8, 4) is 0 Å². The van der Waals surface area contributed by atoms with Crippen LogP contribution >= 0.6 is 15.9 Å². The second-order valence-corrected chi connectivity index (χ2v) is 4.02. The fourth-order valence-electron chi connectivity index (χ4n) is 0.994.